The molecule has 2 heterocycles. The molecule has 0 radical (unpaired) electrons. The van der Waals surface area contributed by atoms with Crippen molar-refractivity contribution in [3.05, 3.63) is 64.8 Å². The summed E-state index contributed by atoms with van der Waals surface area (Å²) in [4.78, 5) is 5.42. The third-order valence-electron chi connectivity index (χ3n) is 7.71. The number of halogens is 1. The van der Waals surface area contributed by atoms with Gasteiger partial charge in [-0.2, -0.15) is 0 Å². The Balaban J connectivity index is 1.25. The summed E-state index contributed by atoms with van der Waals surface area (Å²) >= 11 is 6.03. The number of hydrogen-bond acceptors (Lipinski definition) is 3. The van der Waals surface area contributed by atoms with Crippen LogP contribution in [0.15, 0.2) is 48.5 Å². The first-order valence-electron chi connectivity index (χ1n) is 12.6. The van der Waals surface area contributed by atoms with Crippen molar-refractivity contribution in [3.8, 4) is 5.75 Å². The highest BCUT2D eigenvalue weighted by Gasteiger charge is 2.25. The first-order chi connectivity index (χ1) is 16.2. The summed E-state index contributed by atoms with van der Waals surface area (Å²) in [6.07, 6.45) is 8.16. The van der Waals surface area contributed by atoms with E-state index in [1.54, 1.807) is 0 Å². The van der Waals surface area contributed by atoms with Crippen molar-refractivity contribution in [2.45, 2.75) is 51.2 Å². The fraction of sp³-hybridized carbons (Fsp3) is 0.500. The van der Waals surface area contributed by atoms with Crippen LogP contribution in [0.4, 0.5) is 0 Å². The lowest BCUT2D eigenvalue weighted by Crippen LogP contribution is -2.51. The van der Waals surface area contributed by atoms with E-state index in [1.165, 1.54) is 80.4 Å². The molecule has 1 saturated heterocycles. The number of ether oxygens (including phenoxy) is 1. The topological polar surface area (TPSA) is 20.6 Å². The van der Waals surface area contributed by atoms with E-state index in [-0.39, 0.29) is 0 Å². The zero-order valence-electron chi connectivity index (χ0n) is 19.8. The second-order valence-corrected chi connectivity index (χ2v) is 10.1. The molecule has 1 aliphatic carbocycles. The van der Waals surface area contributed by atoms with Gasteiger partial charge in [-0.15, -0.1) is 0 Å². The highest BCUT2D eigenvalue weighted by molar-refractivity contribution is 6.30. The molecule has 1 aliphatic heterocycles. The van der Waals surface area contributed by atoms with Crippen LogP contribution in [0.25, 0.3) is 10.9 Å². The Bertz CT molecular complexity index is 1050. The molecule has 0 atom stereocenters. The van der Waals surface area contributed by atoms with Gasteiger partial charge in [-0.3, -0.25) is 4.90 Å². The second-order valence-electron chi connectivity index (χ2n) is 9.66. The van der Waals surface area contributed by atoms with Crippen LogP contribution >= 0.6 is 11.6 Å². The Hall–Kier alpha value is -2.01. The van der Waals surface area contributed by atoms with Gasteiger partial charge in [0.25, 0.3) is 0 Å². The van der Waals surface area contributed by atoms with Crippen LogP contribution in [-0.4, -0.2) is 53.1 Å². The Morgan fingerprint density at radius 2 is 1.64 bits per heavy atom. The zero-order valence-corrected chi connectivity index (χ0v) is 20.6. The molecule has 0 bridgehead atoms. The number of aryl methyl sites for hydroxylation is 1. The van der Waals surface area contributed by atoms with E-state index in [0.717, 1.165) is 29.8 Å². The van der Waals surface area contributed by atoms with Crippen molar-refractivity contribution in [2.24, 2.45) is 7.05 Å². The molecule has 2 aromatic carbocycles. The number of para-hydroxylation sites is 1. The Labute approximate surface area is 203 Å². The number of fused-ring (bicyclic) bond motifs is 1. The molecule has 0 spiro atoms. The summed E-state index contributed by atoms with van der Waals surface area (Å²) in [7, 11) is 2.16. The third-order valence-corrected chi connectivity index (χ3v) is 7.96. The summed E-state index contributed by atoms with van der Waals surface area (Å²) in [5.41, 5.74) is 3.98. The first-order valence-corrected chi connectivity index (χ1v) is 13.0. The smallest absolute Gasteiger partial charge is 0.128 e. The minimum Gasteiger partial charge on any atom is -0.487 e. The summed E-state index contributed by atoms with van der Waals surface area (Å²) < 4.78 is 8.48. The van der Waals surface area contributed by atoms with Crippen LogP contribution in [0.3, 0.4) is 0 Å². The monoisotopic (exact) mass is 465 g/mol. The average molecular weight is 466 g/mol. The van der Waals surface area contributed by atoms with Crippen LogP contribution in [0.2, 0.25) is 5.02 Å². The van der Waals surface area contributed by atoms with Crippen molar-refractivity contribution >= 4 is 22.5 Å². The van der Waals surface area contributed by atoms with Gasteiger partial charge in [0.05, 0.1) is 5.69 Å². The molecule has 0 amide bonds. The van der Waals surface area contributed by atoms with Gasteiger partial charge in [0, 0.05) is 61.7 Å². The summed E-state index contributed by atoms with van der Waals surface area (Å²) in [5, 5.41) is 2.09. The quantitative estimate of drug-likeness (QED) is 0.433. The van der Waals surface area contributed by atoms with Crippen LogP contribution in [0.5, 0.6) is 5.75 Å². The predicted molar refractivity (Wildman–Crippen MR) is 137 cm³/mol. The normalized spacial score (nSPS) is 18.7. The number of hydrogen-bond donors (Lipinski definition) is 0. The minimum absolute atomic E-state index is 0.567. The van der Waals surface area contributed by atoms with Gasteiger partial charge in [-0.1, -0.05) is 49.1 Å². The SMILES string of the molecule is Cn1c(COc2ccc(Cl)cc2)c(CCN2CCN(C3CCCCC3)CC2)c2ccccc21. The lowest BCUT2D eigenvalue weighted by molar-refractivity contribution is 0.0796. The van der Waals surface area contributed by atoms with E-state index in [4.69, 9.17) is 16.3 Å². The molecule has 2 aliphatic rings. The predicted octanol–water partition coefficient (Wildman–Crippen LogP) is 5.90. The van der Waals surface area contributed by atoms with Gasteiger partial charge in [0.2, 0.25) is 0 Å². The van der Waals surface area contributed by atoms with Crippen molar-refractivity contribution in [1.29, 1.82) is 0 Å². The van der Waals surface area contributed by atoms with Crippen molar-refractivity contribution in [3.63, 3.8) is 0 Å². The van der Waals surface area contributed by atoms with Crippen LogP contribution < -0.4 is 4.74 Å². The van der Waals surface area contributed by atoms with E-state index < -0.39 is 0 Å². The zero-order chi connectivity index (χ0) is 22.6. The molecule has 2 fully saturated rings. The van der Waals surface area contributed by atoms with Crippen LogP contribution in [-0.2, 0) is 20.1 Å². The standard InChI is InChI=1S/C28H36ClN3O/c1-30-27-10-6-5-9-25(27)26(28(30)21-33-24-13-11-22(29)12-14-24)15-16-31-17-19-32(20-18-31)23-7-3-2-4-8-23/h5-6,9-14,23H,2-4,7-8,15-21H2,1H3. The minimum atomic E-state index is 0.567. The van der Waals surface area contributed by atoms with E-state index >= 15 is 0 Å². The maximum atomic E-state index is 6.17. The maximum absolute atomic E-state index is 6.17. The molecule has 5 heteroatoms. The molecule has 0 unspecified atom stereocenters. The van der Waals surface area contributed by atoms with Crippen LogP contribution in [0, 0.1) is 0 Å². The van der Waals surface area contributed by atoms with E-state index in [0.29, 0.717) is 6.61 Å². The van der Waals surface area contributed by atoms with Crippen molar-refractivity contribution < 1.29 is 4.74 Å². The first kappa shape index (κ1) is 22.8. The van der Waals surface area contributed by atoms with E-state index in [1.807, 2.05) is 24.3 Å². The molecule has 4 nitrogen and oxygen atoms in total. The molecular formula is C28H36ClN3O. The molecule has 33 heavy (non-hydrogen) atoms. The van der Waals surface area contributed by atoms with Crippen molar-refractivity contribution in [1.82, 2.24) is 14.4 Å². The van der Waals surface area contributed by atoms with Crippen LogP contribution in [0.1, 0.15) is 43.4 Å². The molecule has 176 valence electrons. The van der Waals surface area contributed by atoms with Gasteiger partial charge in [0.1, 0.15) is 12.4 Å². The molecule has 1 aromatic heterocycles. The number of rotatable bonds is 7. The Morgan fingerprint density at radius 3 is 2.39 bits per heavy atom. The van der Waals surface area contributed by atoms with Gasteiger partial charge in [0.15, 0.2) is 0 Å². The molecule has 1 saturated carbocycles. The number of aromatic nitrogens is 1. The summed E-state index contributed by atoms with van der Waals surface area (Å²) in [6.45, 7) is 6.52. The van der Waals surface area contributed by atoms with Gasteiger partial charge >= 0.3 is 0 Å². The lowest BCUT2D eigenvalue weighted by atomic mass is 9.94. The number of benzene rings is 2. The number of piperazine rings is 1. The third kappa shape index (κ3) is 5.24. The number of nitrogens with zero attached hydrogens (tertiary/aromatic N) is 3. The molecule has 3 aromatic rings. The Kier molecular flexibility index (Phi) is 7.24. The van der Waals surface area contributed by atoms with Gasteiger partial charge < -0.3 is 14.2 Å². The van der Waals surface area contributed by atoms with E-state index in [2.05, 4.69) is 45.7 Å². The highest BCUT2D eigenvalue weighted by Crippen LogP contribution is 2.28. The average Bonchev–Trinajstić information content (AvgIpc) is 3.14. The molecule has 5 rings (SSSR count). The van der Waals surface area contributed by atoms with Gasteiger partial charge in [-0.25, -0.2) is 0 Å². The Morgan fingerprint density at radius 1 is 0.909 bits per heavy atom. The molecular weight excluding hydrogens is 430 g/mol. The van der Waals surface area contributed by atoms with E-state index in [9.17, 15) is 0 Å². The largest absolute Gasteiger partial charge is 0.487 e. The molecule has 0 N–H and O–H groups in total. The summed E-state index contributed by atoms with van der Waals surface area (Å²) in [6, 6.07) is 17.2. The fourth-order valence-electron chi connectivity index (χ4n) is 5.74. The van der Waals surface area contributed by atoms with Crippen molar-refractivity contribution in [2.75, 3.05) is 32.7 Å². The highest BCUT2D eigenvalue weighted by atomic mass is 35.5. The maximum Gasteiger partial charge on any atom is 0.128 e. The second kappa shape index (κ2) is 10.5. The fourth-order valence-corrected chi connectivity index (χ4v) is 5.86. The van der Waals surface area contributed by atoms with Gasteiger partial charge in [-0.05, 0) is 55.2 Å². The summed E-state index contributed by atoms with van der Waals surface area (Å²) in [5.74, 6) is 0.856. The lowest BCUT2D eigenvalue weighted by Gasteiger charge is -2.40.